The second-order valence-electron chi connectivity index (χ2n) is 5.15. The van der Waals surface area contributed by atoms with Crippen molar-refractivity contribution in [3.63, 3.8) is 0 Å². The molecule has 0 aliphatic carbocycles. The maximum Gasteiger partial charge on any atom is 0.256 e. The summed E-state index contributed by atoms with van der Waals surface area (Å²) in [7, 11) is 1.94. The molecule has 1 fully saturated rings. The topological polar surface area (TPSA) is 75.9 Å². The van der Waals surface area contributed by atoms with Crippen molar-refractivity contribution in [1.29, 1.82) is 0 Å². The first-order valence-corrected chi connectivity index (χ1v) is 7.08. The van der Waals surface area contributed by atoms with E-state index in [1.807, 2.05) is 36.2 Å². The maximum absolute atomic E-state index is 12.8. The lowest BCUT2D eigenvalue weighted by Gasteiger charge is -2.33. The van der Waals surface area contributed by atoms with Crippen LogP contribution in [0.1, 0.15) is 23.2 Å². The van der Waals surface area contributed by atoms with E-state index in [9.17, 15) is 4.79 Å². The molecule has 3 rings (SSSR count). The van der Waals surface area contributed by atoms with Crippen molar-refractivity contribution in [2.24, 2.45) is 0 Å². The van der Waals surface area contributed by atoms with Crippen molar-refractivity contribution in [2.45, 2.75) is 18.9 Å². The first-order valence-electron chi connectivity index (χ1n) is 7.08. The fourth-order valence-corrected chi connectivity index (χ4v) is 2.69. The lowest BCUT2D eigenvalue weighted by Crippen LogP contribution is -2.47. The quantitative estimate of drug-likeness (QED) is 0.909. The van der Waals surface area contributed by atoms with E-state index in [-0.39, 0.29) is 18.3 Å². The summed E-state index contributed by atoms with van der Waals surface area (Å²) in [5.41, 5.74) is 1.33. The van der Waals surface area contributed by atoms with Crippen LogP contribution in [0.3, 0.4) is 0 Å². The molecule has 7 nitrogen and oxygen atoms in total. The number of piperidine rings is 1. The van der Waals surface area contributed by atoms with E-state index in [4.69, 9.17) is 0 Å². The Labute approximate surface area is 135 Å². The fourth-order valence-electron chi connectivity index (χ4n) is 2.69. The Bertz CT molecular complexity index is 618. The minimum absolute atomic E-state index is 0. The molecule has 1 aliphatic rings. The van der Waals surface area contributed by atoms with Gasteiger partial charge in [-0.3, -0.25) is 4.79 Å². The number of carbonyl (C=O) groups excluding carboxylic acids is 1. The van der Waals surface area contributed by atoms with Gasteiger partial charge in [0.15, 0.2) is 0 Å². The van der Waals surface area contributed by atoms with E-state index in [2.05, 4.69) is 20.8 Å². The molecule has 1 amide bonds. The van der Waals surface area contributed by atoms with Gasteiger partial charge in [-0.2, -0.15) is 4.68 Å². The Balaban J connectivity index is 0.00000176. The van der Waals surface area contributed by atoms with Crippen molar-refractivity contribution >= 4 is 18.3 Å². The number of tetrazole rings is 1. The smallest absolute Gasteiger partial charge is 0.256 e. The Hall–Kier alpha value is -1.99. The van der Waals surface area contributed by atoms with Gasteiger partial charge in [0.1, 0.15) is 6.33 Å². The second-order valence-corrected chi connectivity index (χ2v) is 5.15. The Morgan fingerprint density at radius 1 is 1.36 bits per heavy atom. The molecule has 1 unspecified atom stereocenters. The number of nitrogens with zero attached hydrogens (tertiary/aromatic N) is 5. The highest BCUT2D eigenvalue weighted by Gasteiger charge is 2.25. The highest BCUT2D eigenvalue weighted by Crippen LogP contribution is 2.18. The summed E-state index contributed by atoms with van der Waals surface area (Å²) in [6, 6.07) is 7.77. The average molecular weight is 323 g/mol. The van der Waals surface area contributed by atoms with Crippen LogP contribution in [0.15, 0.2) is 30.6 Å². The number of para-hydroxylation sites is 1. The van der Waals surface area contributed by atoms with Crippen LogP contribution >= 0.6 is 12.4 Å². The molecule has 118 valence electrons. The third-order valence-corrected chi connectivity index (χ3v) is 3.85. The number of halogens is 1. The summed E-state index contributed by atoms with van der Waals surface area (Å²) in [5.74, 6) is 0.0288. The number of likely N-dealkylation sites (N-methyl/N-ethyl adjacent to an activating group) is 1. The minimum atomic E-state index is 0. The summed E-state index contributed by atoms with van der Waals surface area (Å²) < 4.78 is 1.52. The molecule has 0 radical (unpaired) electrons. The number of carbonyl (C=O) groups is 1. The Morgan fingerprint density at radius 2 is 2.18 bits per heavy atom. The van der Waals surface area contributed by atoms with Gasteiger partial charge in [0.25, 0.3) is 5.91 Å². The van der Waals surface area contributed by atoms with Crippen LogP contribution in [-0.2, 0) is 0 Å². The highest BCUT2D eigenvalue weighted by molar-refractivity contribution is 5.97. The monoisotopic (exact) mass is 322 g/mol. The van der Waals surface area contributed by atoms with Crippen LogP contribution in [0.5, 0.6) is 0 Å². The molecule has 1 aromatic carbocycles. The molecule has 0 saturated carbocycles. The number of amides is 1. The maximum atomic E-state index is 12.8. The number of nitrogens with one attached hydrogen (secondary N) is 1. The molecule has 1 N–H and O–H groups in total. The third kappa shape index (κ3) is 3.26. The highest BCUT2D eigenvalue weighted by atomic mass is 35.5. The molecule has 8 heteroatoms. The molecule has 2 aromatic rings. The number of likely N-dealkylation sites (tertiary alicyclic amines) is 1. The van der Waals surface area contributed by atoms with Crippen molar-refractivity contribution < 1.29 is 4.79 Å². The van der Waals surface area contributed by atoms with E-state index in [0.717, 1.165) is 25.9 Å². The second kappa shape index (κ2) is 7.33. The van der Waals surface area contributed by atoms with Crippen LogP contribution in [0.4, 0.5) is 0 Å². The minimum Gasteiger partial charge on any atom is -0.337 e. The van der Waals surface area contributed by atoms with Crippen LogP contribution < -0.4 is 5.32 Å². The lowest BCUT2D eigenvalue weighted by molar-refractivity contribution is 0.0698. The molecule has 0 spiro atoms. The standard InChI is InChI=1S/C14H18N6O.ClH/c1-15-11-5-4-8-19(9-11)14(21)12-6-2-3-7-13(12)20-10-16-17-18-20;/h2-3,6-7,10-11,15H,4-5,8-9H2,1H3;1H. The van der Waals surface area contributed by atoms with Crippen molar-refractivity contribution in [3.05, 3.63) is 36.2 Å². The van der Waals surface area contributed by atoms with Crippen molar-refractivity contribution in [1.82, 2.24) is 30.4 Å². The van der Waals surface area contributed by atoms with Gasteiger partial charge in [0, 0.05) is 19.1 Å². The largest absolute Gasteiger partial charge is 0.337 e. The van der Waals surface area contributed by atoms with Crippen LogP contribution in [0.25, 0.3) is 5.69 Å². The van der Waals surface area contributed by atoms with Crippen molar-refractivity contribution in [2.75, 3.05) is 20.1 Å². The molecule has 1 saturated heterocycles. The van der Waals surface area contributed by atoms with Gasteiger partial charge in [-0.1, -0.05) is 12.1 Å². The summed E-state index contributed by atoms with van der Waals surface area (Å²) in [4.78, 5) is 14.7. The number of rotatable bonds is 3. The van der Waals surface area contributed by atoms with Gasteiger partial charge >= 0.3 is 0 Å². The predicted octanol–water partition coefficient (Wildman–Crippen LogP) is 0.908. The van der Waals surface area contributed by atoms with Gasteiger partial charge < -0.3 is 10.2 Å². The van der Waals surface area contributed by atoms with E-state index in [0.29, 0.717) is 17.3 Å². The van der Waals surface area contributed by atoms with Gasteiger partial charge in [-0.15, -0.1) is 17.5 Å². The molecule has 1 aromatic heterocycles. The first-order chi connectivity index (χ1) is 10.3. The van der Waals surface area contributed by atoms with Crippen LogP contribution in [0, 0.1) is 0 Å². The SMILES string of the molecule is CNC1CCCN(C(=O)c2ccccc2-n2cnnn2)C1.Cl. The van der Waals surface area contributed by atoms with Crippen LogP contribution in [-0.4, -0.2) is 57.2 Å². The number of benzene rings is 1. The normalized spacial score (nSPS) is 17.9. The van der Waals surface area contributed by atoms with E-state index in [1.165, 1.54) is 11.0 Å². The molecule has 1 aliphatic heterocycles. The molecular formula is C14H19ClN6O. The van der Waals surface area contributed by atoms with Gasteiger partial charge in [0.05, 0.1) is 11.3 Å². The molecule has 1 atom stereocenters. The number of hydrogen-bond donors (Lipinski definition) is 1. The summed E-state index contributed by atoms with van der Waals surface area (Å²) in [5, 5.41) is 14.4. The zero-order valence-corrected chi connectivity index (χ0v) is 13.2. The molecule has 2 heterocycles. The van der Waals surface area contributed by atoms with E-state index >= 15 is 0 Å². The van der Waals surface area contributed by atoms with E-state index in [1.54, 1.807) is 0 Å². The van der Waals surface area contributed by atoms with E-state index < -0.39 is 0 Å². The van der Waals surface area contributed by atoms with Gasteiger partial charge in [0.2, 0.25) is 0 Å². The van der Waals surface area contributed by atoms with Gasteiger partial charge in [-0.25, -0.2) is 0 Å². The summed E-state index contributed by atoms with van der Waals surface area (Å²) in [6.07, 6.45) is 3.62. The molecular weight excluding hydrogens is 304 g/mol. The van der Waals surface area contributed by atoms with Crippen LogP contribution in [0.2, 0.25) is 0 Å². The predicted molar refractivity (Wildman–Crippen MR) is 84.4 cm³/mol. The zero-order valence-electron chi connectivity index (χ0n) is 12.3. The average Bonchev–Trinajstić information content (AvgIpc) is 3.08. The van der Waals surface area contributed by atoms with Gasteiger partial charge in [-0.05, 0) is 42.4 Å². The fraction of sp³-hybridized carbons (Fsp3) is 0.429. The third-order valence-electron chi connectivity index (χ3n) is 3.85. The Morgan fingerprint density at radius 3 is 2.91 bits per heavy atom. The molecule has 22 heavy (non-hydrogen) atoms. The molecule has 0 bridgehead atoms. The Kier molecular flexibility index (Phi) is 5.46. The van der Waals surface area contributed by atoms with Crippen molar-refractivity contribution in [3.8, 4) is 5.69 Å². The first kappa shape index (κ1) is 16.4. The summed E-state index contributed by atoms with van der Waals surface area (Å²) >= 11 is 0. The summed E-state index contributed by atoms with van der Waals surface area (Å²) in [6.45, 7) is 1.53. The number of hydrogen-bond acceptors (Lipinski definition) is 5. The zero-order chi connectivity index (χ0) is 14.7. The number of aromatic nitrogens is 4. The lowest BCUT2D eigenvalue weighted by atomic mass is 10.0.